The van der Waals surface area contributed by atoms with Crippen molar-refractivity contribution in [1.82, 2.24) is 74.8 Å². The van der Waals surface area contributed by atoms with E-state index in [1.165, 1.54) is 14.9 Å². The Hall–Kier alpha value is -8.83. The molecular formula is C77H101BrClN17O9S. The van der Waals surface area contributed by atoms with E-state index in [1.807, 2.05) is 168 Å². The molecule has 0 atom stereocenters. The number of hydrogen-bond acceptors (Lipinski definition) is 19. The van der Waals surface area contributed by atoms with E-state index in [4.69, 9.17) is 21.1 Å². The Balaban J connectivity index is 0.000000147. The fraction of sp³-hybridized carbons (Fsp3) is 0.494. The number of piperidine rings is 3. The normalized spacial score (nSPS) is 17.8. The molecule has 29 heteroatoms. The maximum atomic E-state index is 13.5. The monoisotopic (exact) mass is 1550 g/mol. The van der Waals surface area contributed by atoms with Gasteiger partial charge in [0.25, 0.3) is 10.0 Å². The van der Waals surface area contributed by atoms with E-state index in [-0.39, 0.29) is 23.8 Å². The highest BCUT2D eigenvalue weighted by Gasteiger charge is 2.53. The number of amides is 5. The largest absolute Gasteiger partial charge is 0.444 e. The van der Waals surface area contributed by atoms with Crippen LogP contribution in [-0.2, 0) is 45.8 Å². The molecule has 3 aromatic carbocycles. The zero-order valence-corrected chi connectivity index (χ0v) is 66.3. The quantitative estimate of drug-likeness (QED) is 0.0731. The number of alkyl halides is 1. The lowest BCUT2D eigenvalue weighted by Gasteiger charge is -2.49. The van der Waals surface area contributed by atoms with Crippen LogP contribution >= 0.6 is 27.5 Å². The van der Waals surface area contributed by atoms with E-state index >= 15 is 0 Å². The van der Waals surface area contributed by atoms with Gasteiger partial charge in [-0.25, -0.2) is 51.9 Å². The van der Waals surface area contributed by atoms with Gasteiger partial charge in [-0.3, -0.25) is 24.2 Å². The minimum atomic E-state index is -3.58. The first-order chi connectivity index (χ1) is 50.2. The highest BCUT2D eigenvalue weighted by atomic mass is 79.9. The number of fused-ring (bicyclic) bond motifs is 2. The third kappa shape index (κ3) is 18.9. The van der Waals surface area contributed by atoms with Crippen molar-refractivity contribution in [3.8, 4) is 0 Å². The Morgan fingerprint density at radius 1 is 0.557 bits per heavy atom. The molecule has 5 N–H and O–H groups in total. The number of nitrogens with zero attached hydrogens (tertiary/aromatic N) is 12. The van der Waals surface area contributed by atoms with Gasteiger partial charge in [0.1, 0.15) is 27.8 Å². The summed E-state index contributed by atoms with van der Waals surface area (Å²) in [6, 6.07) is 28.5. The second kappa shape index (κ2) is 33.5. The Morgan fingerprint density at radius 2 is 1.02 bits per heavy atom. The van der Waals surface area contributed by atoms with E-state index < -0.39 is 43.9 Å². The van der Waals surface area contributed by atoms with Crippen LogP contribution in [0.3, 0.4) is 0 Å². The number of carbonyl (C=O) groups excluding carboxylic acids is 5. The lowest BCUT2D eigenvalue weighted by Crippen LogP contribution is -2.69. The number of nitrogens with one attached hydrogen (secondary N) is 5. The molecule has 0 bridgehead atoms. The number of aryl methyl sites for hydroxylation is 7. The summed E-state index contributed by atoms with van der Waals surface area (Å²) in [5.74, 6) is 1.54. The molecule has 5 amide bonds. The predicted molar refractivity (Wildman–Crippen MR) is 415 cm³/mol. The number of H-pyrrole nitrogens is 1. The van der Waals surface area contributed by atoms with Gasteiger partial charge in [-0.05, 0) is 207 Å². The van der Waals surface area contributed by atoms with Crippen LogP contribution < -0.4 is 31.1 Å². The minimum Gasteiger partial charge on any atom is -0.444 e. The zero-order chi connectivity index (χ0) is 76.5. The summed E-state index contributed by atoms with van der Waals surface area (Å²) in [5, 5.41) is 15.7. The Morgan fingerprint density at radius 3 is 1.51 bits per heavy atom. The topological polar surface area (TPSA) is 300 Å². The van der Waals surface area contributed by atoms with Crippen molar-refractivity contribution in [2.45, 2.75) is 173 Å². The number of aromatic amines is 1. The molecular weight excluding hydrogens is 1450 g/mol. The first-order valence-corrected chi connectivity index (χ1v) is 39.1. The summed E-state index contributed by atoms with van der Waals surface area (Å²) >= 11 is 8.94. The summed E-state index contributed by atoms with van der Waals surface area (Å²) in [4.78, 5) is 103. The lowest BCUT2D eigenvalue weighted by molar-refractivity contribution is -0.143. The average molecular weight is 1560 g/mol. The molecule has 6 saturated heterocycles. The van der Waals surface area contributed by atoms with E-state index in [9.17, 15) is 32.4 Å². The van der Waals surface area contributed by atoms with E-state index in [2.05, 4.69) is 94.0 Å². The molecule has 0 saturated carbocycles. The maximum absolute atomic E-state index is 13.5. The highest BCUT2D eigenvalue weighted by Crippen LogP contribution is 2.36. The number of halogens is 2. The molecule has 568 valence electrons. The summed E-state index contributed by atoms with van der Waals surface area (Å²) in [5.41, 5.74) is 7.40. The molecule has 5 aromatic heterocycles. The SMILES string of the molecule is CC(C)(C)OC(=O)N1CCNC(=O)C12CCNCC2.Cc1cc(C)nc(Cl)n1.Cc1cc(C)nc(N2CCC3(CC2)C(=O)NCCN3C(=O)OC(C)(C)C)n1.Cc1cc(C)nc(N2CCC3(CC2)NCCN(Cc2c[nH]c4ccccc24)C3=O)n1.Cc1ccc(S(=O)(=O)n2cc(CBr)c3ccccc32)cc1. The molecule has 0 radical (unpaired) electrons. The van der Waals surface area contributed by atoms with Crippen molar-refractivity contribution in [2.75, 3.05) is 88.3 Å². The van der Waals surface area contributed by atoms with E-state index in [0.29, 0.717) is 98.5 Å². The molecule has 26 nitrogen and oxygen atoms in total. The van der Waals surface area contributed by atoms with Gasteiger partial charge in [-0.15, -0.1) is 0 Å². The molecule has 6 fully saturated rings. The van der Waals surface area contributed by atoms with Gasteiger partial charge >= 0.3 is 12.2 Å². The van der Waals surface area contributed by atoms with Crippen LogP contribution in [0.15, 0.2) is 108 Å². The van der Waals surface area contributed by atoms with Crippen LogP contribution in [0.1, 0.15) is 131 Å². The summed E-state index contributed by atoms with van der Waals surface area (Å²) < 4.78 is 38.0. The number of hydrogen-bond donors (Lipinski definition) is 5. The zero-order valence-electron chi connectivity index (χ0n) is 63.2. The van der Waals surface area contributed by atoms with E-state index in [1.54, 1.807) is 28.1 Å². The molecule has 6 aliphatic rings. The Kier molecular flexibility index (Phi) is 25.2. The molecule has 0 unspecified atom stereocenters. The van der Waals surface area contributed by atoms with E-state index in [0.717, 1.165) is 114 Å². The van der Waals surface area contributed by atoms with Crippen molar-refractivity contribution in [3.05, 3.63) is 160 Å². The first-order valence-electron chi connectivity index (χ1n) is 36.2. The number of rotatable bonds is 7. The Bertz CT molecular complexity index is 4490. The third-order valence-corrected chi connectivity index (χ3v) is 22.0. The second-order valence-corrected chi connectivity index (χ2v) is 32.6. The van der Waals surface area contributed by atoms with Crippen LogP contribution in [0, 0.1) is 48.5 Å². The lowest BCUT2D eigenvalue weighted by atomic mass is 9.83. The maximum Gasteiger partial charge on any atom is 0.411 e. The fourth-order valence-electron chi connectivity index (χ4n) is 14.4. The van der Waals surface area contributed by atoms with Crippen LogP contribution in [0.4, 0.5) is 21.5 Å². The number of ether oxygens (including phenoxy) is 2. The number of piperazine rings is 3. The standard InChI is InChI=1S/C23H28N6O.C19H29N5O3.C16H14BrNO2S.C13H23N3O3.C6H7ClN2/c1-16-13-17(2)27-22(26-16)28-10-7-23(8-11-28)21(30)29(12-9-25-23)15-18-14-24-20-6-4-3-5-19(18)20;1-13-12-14(2)22-16(21-13)23-9-6-19(7-10-23)15(25)20-8-11-24(19)17(26)27-18(3,4)5;1-12-6-8-14(9-7-12)21(19,20)18-11-13(10-17)15-4-2-3-5-16(15)18;1-12(2,3)19-11(18)16-9-8-15-10(17)13(16)4-6-14-7-5-13;1-4-3-5(2)9-6(7)8-4/h3-6,13-14,24-25H,7-12,15H2,1-2H3;12H,6-11H2,1-5H3,(H,20,25);2-9,11H,10H2,1H3;14H,4-9H2,1-3H3,(H,15,17);3H,1-2H3. The number of para-hydroxylation sites is 2. The number of aromatic nitrogens is 8. The van der Waals surface area contributed by atoms with Crippen molar-refractivity contribution in [2.24, 2.45) is 0 Å². The smallest absolute Gasteiger partial charge is 0.411 e. The van der Waals surface area contributed by atoms with Gasteiger partial charge in [0, 0.05) is 140 Å². The molecule has 0 aliphatic carbocycles. The molecule has 14 rings (SSSR count). The first kappa shape index (κ1) is 79.7. The van der Waals surface area contributed by atoms with Crippen molar-refractivity contribution in [3.63, 3.8) is 0 Å². The van der Waals surface area contributed by atoms with Crippen LogP contribution in [0.25, 0.3) is 21.8 Å². The highest BCUT2D eigenvalue weighted by molar-refractivity contribution is 9.08. The van der Waals surface area contributed by atoms with Crippen molar-refractivity contribution in [1.29, 1.82) is 0 Å². The van der Waals surface area contributed by atoms with Gasteiger partial charge < -0.3 is 50.4 Å². The minimum absolute atomic E-state index is 0.0499. The average Bonchev–Trinajstić information content (AvgIpc) is 0.909. The van der Waals surface area contributed by atoms with Crippen molar-refractivity contribution < 1.29 is 41.9 Å². The summed E-state index contributed by atoms with van der Waals surface area (Å²) in [6.07, 6.45) is 6.78. The van der Waals surface area contributed by atoms with Crippen LogP contribution in [0.5, 0.6) is 0 Å². The predicted octanol–water partition coefficient (Wildman–Crippen LogP) is 10.6. The number of carbonyl (C=O) groups is 5. The molecule has 3 spiro atoms. The fourth-order valence-corrected chi connectivity index (χ4v) is 16.5. The molecule has 8 aromatic rings. The van der Waals surface area contributed by atoms with Gasteiger partial charge in [0.15, 0.2) is 0 Å². The second-order valence-electron chi connectivity index (χ2n) is 29.9. The van der Waals surface area contributed by atoms with Gasteiger partial charge in [-0.2, -0.15) is 0 Å². The Labute approximate surface area is 635 Å². The van der Waals surface area contributed by atoms with Crippen molar-refractivity contribution >= 4 is 101 Å². The van der Waals surface area contributed by atoms with Crippen LogP contribution in [0.2, 0.25) is 5.28 Å². The molecule has 106 heavy (non-hydrogen) atoms. The molecule has 11 heterocycles. The van der Waals surface area contributed by atoms with Gasteiger partial charge in [0.05, 0.1) is 10.4 Å². The summed E-state index contributed by atoms with van der Waals surface area (Å²) in [7, 11) is -3.58. The van der Waals surface area contributed by atoms with Gasteiger partial charge in [0.2, 0.25) is 34.9 Å². The van der Waals surface area contributed by atoms with Gasteiger partial charge in [-0.1, -0.05) is 70.0 Å². The number of benzene rings is 3. The third-order valence-electron chi connectivity index (χ3n) is 19.5. The van der Waals surface area contributed by atoms with Crippen LogP contribution in [-0.4, -0.2) is 198 Å². The molecule has 6 aliphatic heterocycles. The summed E-state index contributed by atoms with van der Waals surface area (Å²) in [6.45, 7) is 33.0. The number of anilines is 2.